The third-order valence-corrected chi connectivity index (χ3v) is 12.3. The van der Waals surface area contributed by atoms with Crippen LogP contribution in [-0.2, 0) is 0 Å². The van der Waals surface area contributed by atoms with E-state index < -0.39 is 0 Å². The molecule has 0 unspecified atom stereocenters. The van der Waals surface area contributed by atoms with Crippen LogP contribution in [0.2, 0.25) is 0 Å². The van der Waals surface area contributed by atoms with E-state index in [1.54, 1.807) is 0 Å². The van der Waals surface area contributed by atoms with Crippen LogP contribution < -0.4 is 0 Å². The number of hydrogen-bond acceptors (Lipinski definition) is 5. The highest BCUT2D eigenvalue weighted by atomic mass is 16.3. The molecule has 0 atom stereocenters. The van der Waals surface area contributed by atoms with Crippen LogP contribution in [0.3, 0.4) is 0 Å². The lowest BCUT2D eigenvalue weighted by molar-refractivity contribution is 0.669. The summed E-state index contributed by atoms with van der Waals surface area (Å²) in [5, 5.41) is 6.55. The second-order valence-electron chi connectivity index (χ2n) is 16.1. The van der Waals surface area contributed by atoms with Crippen molar-refractivity contribution in [3.8, 4) is 67.3 Å². The molecular weight excluding hydrogens is 773 g/mol. The Morgan fingerprint density at radius 1 is 0.254 bits per heavy atom. The predicted molar refractivity (Wildman–Crippen MR) is 256 cm³/mol. The Bertz CT molecular complexity index is 3780. The van der Waals surface area contributed by atoms with E-state index in [9.17, 15) is 0 Å². The first-order valence-electron chi connectivity index (χ1n) is 21.1. The molecule has 0 amide bonds. The Kier molecular flexibility index (Phi) is 7.84. The second-order valence-corrected chi connectivity index (χ2v) is 16.1. The van der Waals surface area contributed by atoms with E-state index in [1.165, 1.54) is 0 Å². The van der Waals surface area contributed by atoms with Crippen molar-refractivity contribution in [1.82, 2.24) is 9.97 Å². The quantitative estimate of drug-likeness (QED) is 0.167. The molecule has 5 heteroatoms. The molecule has 0 saturated heterocycles. The van der Waals surface area contributed by atoms with Crippen molar-refractivity contribution in [3.05, 3.63) is 206 Å². The van der Waals surface area contributed by atoms with Crippen molar-refractivity contribution < 1.29 is 13.3 Å². The van der Waals surface area contributed by atoms with Gasteiger partial charge >= 0.3 is 0 Å². The highest BCUT2D eigenvalue weighted by molar-refractivity contribution is 6.12. The molecule has 0 fully saturated rings. The normalized spacial score (nSPS) is 11.8. The summed E-state index contributed by atoms with van der Waals surface area (Å²) in [7, 11) is 0. The van der Waals surface area contributed by atoms with Crippen LogP contribution in [0.5, 0.6) is 0 Å². The van der Waals surface area contributed by atoms with Gasteiger partial charge in [-0.05, 0) is 76.9 Å². The smallest absolute Gasteiger partial charge is 0.160 e. The average Bonchev–Trinajstić information content (AvgIpc) is 4.05. The zero-order valence-electron chi connectivity index (χ0n) is 33.7. The molecular formula is C58H34N2O3. The van der Waals surface area contributed by atoms with Gasteiger partial charge in [0, 0.05) is 60.1 Å². The zero-order valence-corrected chi connectivity index (χ0v) is 33.7. The largest absolute Gasteiger partial charge is 0.456 e. The molecule has 0 aliphatic carbocycles. The van der Waals surface area contributed by atoms with Crippen LogP contribution >= 0.6 is 0 Å². The summed E-state index contributed by atoms with van der Waals surface area (Å²) in [6.45, 7) is 0. The molecule has 0 aliphatic rings. The van der Waals surface area contributed by atoms with E-state index in [4.69, 9.17) is 23.2 Å². The van der Waals surface area contributed by atoms with Crippen molar-refractivity contribution in [2.24, 2.45) is 0 Å². The maximum atomic E-state index is 6.62. The van der Waals surface area contributed by atoms with E-state index in [-0.39, 0.29) is 0 Å². The highest BCUT2D eigenvalue weighted by Crippen LogP contribution is 2.42. The van der Waals surface area contributed by atoms with Crippen molar-refractivity contribution in [3.63, 3.8) is 0 Å². The fourth-order valence-corrected chi connectivity index (χ4v) is 9.23. The Morgan fingerprint density at radius 2 is 0.714 bits per heavy atom. The minimum Gasteiger partial charge on any atom is -0.456 e. The standard InChI is InChI=1S/C58H34N2O3/c1-2-12-37(13-3-1)58-59-50(36-26-24-35(25-27-36)38-28-29-55-49(33-38)46-16-6-7-21-52(46)61-55)34-51(60-58)41-31-39(42-17-10-19-47-44-14-4-8-22-53(44)62-56(42)47)30-40(32-41)43-18-11-20-48-45-15-5-9-23-54(45)63-57(43)48/h1-34H. The summed E-state index contributed by atoms with van der Waals surface area (Å²) >= 11 is 0. The van der Waals surface area contributed by atoms with Crippen LogP contribution in [0.25, 0.3) is 133 Å². The number of aromatic nitrogens is 2. The van der Waals surface area contributed by atoms with Crippen LogP contribution in [0.15, 0.2) is 220 Å². The fourth-order valence-electron chi connectivity index (χ4n) is 9.23. The Labute approximate surface area is 361 Å². The summed E-state index contributed by atoms with van der Waals surface area (Å²) < 4.78 is 19.4. The van der Waals surface area contributed by atoms with Crippen molar-refractivity contribution in [2.75, 3.05) is 0 Å². The summed E-state index contributed by atoms with van der Waals surface area (Å²) in [5.74, 6) is 0.648. The maximum Gasteiger partial charge on any atom is 0.160 e. The van der Waals surface area contributed by atoms with Crippen LogP contribution in [0.4, 0.5) is 0 Å². The van der Waals surface area contributed by atoms with E-state index in [0.717, 1.165) is 127 Å². The third kappa shape index (κ3) is 5.86. The van der Waals surface area contributed by atoms with Gasteiger partial charge in [0.15, 0.2) is 5.82 Å². The fraction of sp³-hybridized carbons (Fsp3) is 0. The second kappa shape index (κ2) is 14.0. The SMILES string of the molecule is c1ccc(-c2nc(-c3ccc(-c4ccc5oc6ccccc6c5c4)cc3)cc(-c3cc(-c4cccc5c4oc4ccccc45)cc(-c4cccc5c4oc4ccccc45)c3)n2)cc1. The van der Waals surface area contributed by atoms with E-state index in [2.05, 4.69) is 152 Å². The monoisotopic (exact) mass is 806 g/mol. The van der Waals surface area contributed by atoms with Gasteiger partial charge in [0.25, 0.3) is 0 Å². The molecule has 13 rings (SSSR count). The molecule has 0 saturated carbocycles. The molecule has 13 aromatic rings. The molecule has 4 aromatic heterocycles. The van der Waals surface area contributed by atoms with Gasteiger partial charge in [-0.2, -0.15) is 0 Å². The van der Waals surface area contributed by atoms with Gasteiger partial charge in [-0.15, -0.1) is 0 Å². The first-order chi connectivity index (χ1) is 31.2. The third-order valence-electron chi connectivity index (χ3n) is 12.3. The molecule has 9 aromatic carbocycles. The molecule has 5 nitrogen and oxygen atoms in total. The summed E-state index contributed by atoms with van der Waals surface area (Å²) in [4.78, 5) is 10.5. The van der Waals surface area contributed by atoms with Crippen molar-refractivity contribution in [1.29, 1.82) is 0 Å². The van der Waals surface area contributed by atoms with Crippen LogP contribution in [0, 0.1) is 0 Å². The lowest BCUT2D eigenvalue weighted by Crippen LogP contribution is -1.96. The zero-order chi connectivity index (χ0) is 41.4. The highest BCUT2D eigenvalue weighted by Gasteiger charge is 2.19. The minimum atomic E-state index is 0.648. The van der Waals surface area contributed by atoms with Gasteiger partial charge < -0.3 is 13.3 Å². The predicted octanol–water partition coefficient (Wildman–Crippen LogP) is 16.2. The summed E-state index contributed by atoms with van der Waals surface area (Å²) in [6.07, 6.45) is 0. The number of benzene rings is 9. The molecule has 4 heterocycles. The average molecular weight is 807 g/mol. The van der Waals surface area contributed by atoms with Gasteiger partial charge in [-0.3, -0.25) is 0 Å². The topological polar surface area (TPSA) is 65.2 Å². The summed E-state index contributed by atoms with van der Waals surface area (Å²) in [6, 6.07) is 71.5. The lowest BCUT2D eigenvalue weighted by atomic mass is 9.93. The van der Waals surface area contributed by atoms with Crippen molar-refractivity contribution in [2.45, 2.75) is 0 Å². The number of rotatable bonds is 6. The number of para-hydroxylation sites is 5. The van der Waals surface area contributed by atoms with Crippen molar-refractivity contribution >= 4 is 65.8 Å². The molecule has 0 radical (unpaired) electrons. The van der Waals surface area contributed by atoms with Crippen LogP contribution in [0.1, 0.15) is 0 Å². The molecule has 0 bridgehead atoms. The van der Waals surface area contributed by atoms with Crippen LogP contribution in [-0.4, -0.2) is 9.97 Å². The summed E-state index contributed by atoms with van der Waals surface area (Å²) in [5.41, 5.74) is 15.9. The Balaban J connectivity index is 0.999. The first-order valence-corrected chi connectivity index (χ1v) is 21.1. The maximum absolute atomic E-state index is 6.62. The van der Waals surface area contributed by atoms with Gasteiger partial charge in [0.05, 0.1) is 11.4 Å². The van der Waals surface area contributed by atoms with Gasteiger partial charge in [-0.25, -0.2) is 9.97 Å². The number of fused-ring (bicyclic) bond motifs is 9. The van der Waals surface area contributed by atoms with E-state index >= 15 is 0 Å². The van der Waals surface area contributed by atoms with Gasteiger partial charge in [0.2, 0.25) is 0 Å². The van der Waals surface area contributed by atoms with Gasteiger partial charge in [-0.1, -0.05) is 152 Å². The number of nitrogens with zero attached hydrogens (tertiary/aromatic N) is 2. The Morgan fingerprint density at radius 3 is 1.33 bits per heavy atom. The Hall–Kier alpha value is -8.54. The minimum absolute atomic E-state index is 0.648. The van der Waals surface area contributed by atoms with E-state index in [1.807, 2.05) is 54.6 Å². The van der Waals surface area contributed by atoms with Gasteiger partial charge in [0.1, 0.15) is 33.5 Å². The molecule has 0 aliphatic heterocycles. The molecule has 63 heavy (non-hydrogen) atoms. The molecule has 0 N–H and O–H groups in total. The van der Waals surface area contributed by atoms with E-state index in [0.29, 0.717) is 5.82 Å². The lowest BCUT2D eigenvalue weighted by Gasteiger charge is -2.14. The first kappa shape index (κ1) is 35.2. The number of furan rings is 3. The molecule has 294 valence electrons. The molecule has 0 spiro atoms. The number of hydrogen-bond donors (Lipinski definition) is 0.